The third-order valence-electron chi connectivity index (χ3n) is 4.64. The minimum Gasteiger partial charge on any atom is -0.493 e. The highest BCUT2D eigenvalue weighted by Crippen LogP contribution is 2.47. The molecular formula is C21H23NO4. The Morgan fingerprint density at radius 3 is 2.62 bits per heavy atom. The number of rotatable bonds is 4. The molecule has 5 heteroatoms. The molecule has 1 amide bonds. The normalized spacial score (nSPS) is 17.8. The standard InChI is InChI=1S/C21H23NO4/c1-13(23)22-17-11-10-14-12-18(24-2)20(25-3)21(26-4)19(14)16-9-7-5-6-8-15(16)17/h5-6,8-9,12,17H,10-11H2,1-4H3,(H,22,23). The van der Waals surface area contributed by atoms with Crippen LogP contribution in [0, 0.1) is 0 Å². The van der Waals surface area contributed by atoms with E-state index in [9.17, 15) is 4.79 Å². The van der Waals surface area contributed by atoms with Crippen molar-refractivity contribution in [2.24, 2.45) is 0 Å². The monoisotopic (exact) mass is 353 g/mol. The molecule has 0 saturated heterocycles. The van der Waals surface area contributed by atoms with E-state index in [0.29, 0.717) is 17.2 Å². The number of hydrogen-bond acceptors (Lipinski definition) is 4. The van der Waals surface area contributed by atoms with Crippen LogP contribution < -0.4 is 19.5 Å². The van der Waals surface area contributed by atoms with Crippen LogP contribution in [0.2, 0.25) is 0 Å². The van der Waals surface area contributed by atoms with Gasteiger partial charge in [0.05, 0.1) is 27.4 Å². The lowest BCUT2D eigenvalue weighted by atomic mass is 9.93. The second-order valence-corrected chi connectivity index (χ2v) is 6.18. The fraction of sp³-hybridized carbons (Fsp3) is 0.333. The van der Waals surface area contributed by atoms with Crippen molar-refractivity contribution in [1.29, 1.82) is 0 Å². The zero-order valence-corrected chi connectivity index (χ0v) is 15.5. The lowest BCUT2D eigenvalue weighted by Crippen LogP contribution is -2.34. The van der Waals surface area contributed by atoms with Gasteiger partial charge in [0.25, 0.3) is 0 Å². The summed E-state index contributed by atoms with van der Waals surface area (Å²) in [6.07, 6.45) is 9.30. The second-order valence-electron chi connectivity index (χ2n) is 6.18. The first kappa shape index (κ1) is 17.9. The molecule has 1 aromatic carbocycles. The third kappa shape index (κ3) is 3.14. The molecule has 2 aliphatic rings. The van der Waals surface area contributed by atoms with Crippen LogP contribution in [0.3, 0.4) is 0 Å². The molecule has 2 aliphatic carbocycles. The first-order valence-electron chi connectivity index (χ1n) is 8.53. The number of aryl methyl sites for hydroxylation is 1. The molecule has 1 N–H and O–H groups in total. The van der Waals surface area contributed by atoms with E-state index >= 15 is 0 Å². The number of hydrogen-bond donors (Lipinski definition) is 1. The quantitative estimate of drug-likeness (QED) is 0.845. The van der Waals surface area contributed by atoms with Crippen molar-refractivity contribution < 1.29 is 19.0 Å². The Hall–Kier alpha value is -2.91. The summed E-state index contributed by atoms with van der Waals surface area (Å²) in [5.41, 5.74) is 7.23. The maximum Gasteiger partial charge on any atom is 0.217 e. The van der Waals surface area contributed by atoms with E-state index in [0.717, 1.165) is 35.1 Å². The Bertz CT molecular complexity index is 857. The molecule has 3 rings (SSSR count). The Balaban J connectivity index is 2.31. The lowest BCUT2D eigenvalue weighted by molar-refractivity contribution is -0.119. The van der Waals surface area contributed by atoms with Crippen LogP contribution in [0.15, 0.2) is 41.7 Å². The summed E-state index contributed by atoms with van der Waals surface area (Å²) in [6, 6.07) is 1.90. The zero-order chi connectivity index (χ0) is 18.7. The molecule has 0 radical (unpaired) electrons. The molecule has 1 unspecified atom stereocenters. The maximum absolute atomic E-state index is 11.7. The number of ether oxygens (including phenoxy) is 3. The minimum atomic E-state index is -0.0857. The molecule has 0 fully saturated rings. The summed E-state index contributed by atoms with van der Waals surface area (Å²) in [4.78, 5) is 11.7. The molecule has 0 saturated carbocycles. The summed E-state index contributed by atoms with van der Waals surface area (Å²) in [6.45, 7) is 1.54. The highest BCUT2D eigenvalue weighted by molar-refractivity contribution is 5.88. The van der Waals surface area contributed by atoms with E-state index in [-0.39, 0.29) is 11.9 Å². The van der Waals surface area contributed by atoms with E-state index in [4.69, 9.17) is 14.2 Å². The van der Waals surface area contributed by atoms with Gasteiger partial charge in [0, 0.05) is 12.5 Å². The summed E-state index contributed by atoms with van der Waals surface area (Å²) < 4.78 is 16.8. The number of benzene rings is 1. The van der Waals surface area contributed by atoms with E-state index < -0.39 is 0 Å². The van der Waals surface area contributed by atoms with Gasteiger partial charge in [-0.1, -0.05) is 12.2 Å². The average Bonchev–Trinajstić information content (AvgIpc) is 2.95. The molecule has 0 spiro atoms. The number of methoxy groups -OCH3 is 3. The van der Waals surface area contributed by atoms with Crippen LogP contribution >= 0.6 is 0 Å². The maximum atomic E-state index is 11.7. The van der Waals surface area contributed by atoms with Gasteiger partial charge < -0.3 is 19.5 Å². The molecule has 0 heterocycles. The van der Waals surface area contributed by atoms with Crippen LogP contribution in [0.1, 0.15) is 24.5 Å². The summed E-state index contributed by atoms with van der Waals surface area (Å²) >= 11 is 0. The van der Waals surface area contributed by atoms with E-state index in [1.165, 1.54) is 0 Å². The zero-order valence-electron chi connectivity index (χ0n) is 15.5. The summed E-state index contributed by atoms with van der Waals surface area (Å²) in [7, 11) is 4.84. The largest absolute Gasteiger partial charge is 0.493 e. The van der Waals surface area contributed by atoms with Gasteiger partial charge >= 0.3 is 0 Å². The van der Waals surface area contributed by atoms with Crippen LogP contribution in [0.5, 0.6) is 17.2 Å². The fourth-order valence-corrected chi connectivity index (χ4v) is 3.58. The third-order valence-corrected chi connectivity index (χ3v) is 4.64. The number of amides is 1. The van der Waals surface area contributed by atoms with Crippen molar-refractivity contribution in [2.45, 2.75) is 25.8 Å². The van der Waals surface area contributed by atoms with Crippen molar-refractivity contribution in [3.05, 3.63) is 52.8 Å². The Morgan fingerprint density at radius 2 is 1.96 bits per heavy atom. The molecule has 0 aromatic heterocycles. The molecule has 1 atom stereocenters. The smallest absolute Gasteiger partial charge is 0.217 e. The molecule has 5 nitrogen and oxygen atoms in total. The van der Waals surface area contributed by atoms with Crippen LogP contribution in [-0.4, -0.2) is 33.3 Å². The molecular weight excluding hydrogens is 330 g/mol. The van der Waals surface area contributed by atoms with Crippen LogP contribution in [0.25, 0.3) is 5.57 Å². The van der Waals surface area contributed by atoms with Crippen molar-refractivity contribution in [1.82, 2.24) is 5.32 Å². The minimum absolute atomic E-state index is 0.0514. The van der Waals surface area contributed by atoms with Gasteiger partial charge in [0.2, 0.25) is 11.7 Å². The highest BCUT2D eigenvalue weighted by atomic mass is 16.5. The van der Waals surface area contributed by atoms with Crippen LogP contribution in [0.4, 0.5) is 0 Å². The summed E-state index contributed by atoms with van der Waals surface area (Å²) in [5.74, 6) is 1.77. The van der Waals surface area contributed by atoms with Crippen molar-refractivity contribution in [3.63, 3.8) is 0 Å². The van der Waals surface area contributed by atoms with Crippen molar-refractivity contribution >= 4 is 11.5 Å². The molecule has 1 aromatic rings. The highest BCUT2D eigenvalue weighted by Gasteiger charge is 2.29. The number of fused-ring (bicyclic) bond motifs is 2. The van der Waals surface area contributed by atoms with Crippen LogP contribution in [-0.2, 0) is 11.2 Å². The number of allylic oxidation sites excluding steroid dienone is 3. The molecule has 26 heavy (non-hydrogen) atoms. The first-order valence-corrected chi connectivity index (χ1v) is 8.53. The molecule has 0 bridgehead atoms. The number of carbonyl (C=O) groups is 1. The summed E-state index contributed by atoms with van der Waals surface area (Å²) in [5, 5.41) is 3.07. The van der Waals surface area contributed by atoms with E-state index in [1.807, 2.05) is 30.4 Å². The average molecular weight is 353 g/mol. The topological polar surface area (TPSA) is 56.8 Å². The predicted molar refractivity (Wildman–Crippen MR) is 101 cm³/mol. The van der Waals surface area contributed by atoms with Gasteiger partial charge in [-0.3, -0.25) is 4.79 Å². The molecule has 136 valence electrons. The van der Waals surface area contributed by atoms with Gasteiger partial charge in [-0.2, -0.15) is 0 Å². The van der Waals surface area contributed by atoms with Gasteiger partial charge in [0.1, 0.15) is 0 Å². The molecule has 0 aliphatic heterocycles. The van der Waals surface area contributed by atoms with Crippen molar-refractivity contribution in [3.8, 4) is 17.2 Å². The van der Waals surface area contributed by atoms with Gasteiger partial charge in [-0.15, -0.1) is 5.73 Å². The Morgan fingerprint density at radius 1 is 1.19 bits per heavy atom. The van der Waals surface area contributed by atoms with E-state index in [2.05, 4.69) is 11.0 Å². The predicted octanol–water partition coefficient (Wildman–Crippen LogP) is 3.20. The fourth-order valence-electron chi connectivity index (χ4n) is 3.58. The van der Waals surface area contributed by atoms with E-state index in [1.54, 1.807) is 28.3 Å². The second kappa shape index (κ2) is 7.54. The van der Waals surface area contributed by atoms with Gasteiger partial charge in [-0.25, -0.2) is 0 Å². The Kier molecular flexibility index (Phi) is 5.19. The van der Waals surface area contributed by atoms with Gasteiger partial charge in [0.15, 0.2) is 11.5 Å². The Labute approximate surface area is 153 Å². The van der Waals surface area contributed by atoms with Gasteiger partial charge in [-0.05, 0) is 47.8 Å². The number of carbonyl (C=O) groups excluding carboxylic acids is 1. The number of nitrogens with one attached hydrogen (secondary N) is 1. The SMILES string of the molecule is COc1cc2c(c(OC)c1OC)C1=C(C=CC=C=C1)C(NC(C)=O)CC2. The lowest BCUT2D eigenvalue weighted by Gasteiger charge is -2.20. The first-order chi connectivity index (χ1) is 12.6. The van der Waals surface area contributed by atoms with Crippen molar-refractivity contribution in [2.75, 3.05) is 21.3 Å².